The van der Waals surface area contributed by atoms with E-state index >= 15 is 0 Å². The first-order valence-electron chi connectivity index (χ1n) is 8.61. The van der Waals surface area contributed by atoms with Gasteiger partial charge in [0.1, 0.15) is 6.54 Å². The van der Waals surface area contributed by atoms with Crippen LogP contribution in [-0.2, 0) is 11.3 Å². The van der Waals surface area contributed by atoms with Gasteiger partial charge in [0, 0.05) is 17.7 Å². The molecule has 144 valence electrons. The van der Waals surface area contributed by atoms with Crippen LogP contribution in [0.5, 0.6) is 0 Å². The summed E-state index contributed by atoms with van der Waals surface area (Å²) >= 11 is 5.26. The molecular formula is C19H19N5O3S. The summed E-state index contributed by atoms with van der Waals surface area (Å²) < 4.78 is 1.96. The largest absolute Gasteiger partial charge is 0.348 e. The number of rotatable bonds is 6. The summed E-state index contributed by atoms with van der Waals surface area (Å²) in [4.78, 5) is 23.0. The van der Waals surface area contributed by atoms with Crippen LogP contribution in [-0.4, -0.2) is 25.6 Å². The van der Waals surface area contributed by atoms with E-state index in [0.717, 1.165) is 11.1 Å². The highest BCUT2D eigenvalue weighted by Gasteiger charge is 2.16. The standard InChI is InChI=1S/C19H19N5O3S/c1-12-6-8-14(9-7-12)18-21-22-19(28)23(18)11-17(25)20-13(2)15-4-3-5-16(10-15)24(26)27/h3-10,13H,11H2,1-2H3,(H,20,25)(H,22,28)/t13-/m0/s1. The Labute approximate surface area is 166 Å². The predicted octanol–water partition coefficient (Wildman–Crippen LogP) is 3.70. The van der Waals surface area contributed by atoms with Crippen molar-refractivity contribution < 1.29 is 9.72 Å². The maximum Gasteiger partial charge on any atom is 0.269 e. The van der Waals surface area contributed by atoms with E-state index < -0.39 is 11.0 Å². The number of nitro groups is 1. The van der Waals surface area contributed by atoms with E-state index in [1.165, 1.54) is 12.1 Å². The first-order chi connectivity index (χ1) is 13.3. The molecule has 3 rings (SSSR count). The Kier molecular flexibility index (Phi) is 5.65. The molecule has 0 aliphatic rings. The van der Waals surface area contributed by atoms with E-state index in [1.807, 2.05) is 31.2 Å². The third kappa shape index (κ3) is 4.32. The number of carbonyl (C=O) groups is 1. The number of aromatic nitrogens is 3. The van der Waals surface area contributed by atoms with Gasteiger partial charge in [0.2, 0.25) is 5.91 Å². The topological polar surface area (TPSA) is 106 Å². The molecule has 8 nitrogen and oxygen atoms in total. The normalized spacial score (nSPS) is 11.8. The molecule has 1 atom stereocenters. The molecule has 0 unspecified atom stereocenters. The van der Waals surface area contributed by atoms with E-state index in [1.54, 1.807) is 23.6 Å². The number of nitro benzene ring substituents is 1. The number of non-ortho nitro benzene ring substituents is 1. The quantitative estimate of drug-likeness (QED) is 0.375. The number of carbonyl (C=O) groups excluding carboxylic acids is 1. The predicted molar refractivity (Wildman–Crippen MR) is 107 cm³/mol. The fourth-order valence-electron chi connectivity index (χ4n) is 2.81. The third-order valence-corrected chi connectivity index (χ3v) is 4.64. The monoisotopic (exact) mass is 397 g/mol. The molecule has 0 aliphatic heterocycles. The van der Waals surface area contributed by atoms with Gasteiger partial charge in [0.25, 0.3) is 5.69 Å². The smallest absolute Gasteiger partial charge is 0.269 e. The molecule has 0 fully saturated rings. The van der Waals surface area contributed by atoms with Crippen LogP contribution in [0.25, 0.3) is 11.4 Å². The fourth-order valence-corrected chi connectivity index (χ4v) is 3.01. The first-order valence-corrected chi connectivity index (χ1v) is 9.02. The molecule has 28 heavy (non-hydrogen) atoms. The zero-order valence-electron chi connectivity index (χ0n) is 15.4. The van der Waals surface area contributed by atoms with Crippen molar-refractivity contribution in [3.63, 3.8) is 0 Å². The van der Waals surface area contributed by atoms with Crippen molar-refractivity contribution in [3.05, 3.63) is 74.5 Å². The summed E-state index contributed by atoms with van der Waals surface area (Å²) in [6, 6.07) is 13.6. The summed E-state index contributed by atoms with van der Waals surface area (Å²) in [6.07, 6.45) is 0. The zero-order chi connectivity index (χ0) is 20.3. The van der Waals surface area contributed by atoms with Crippen molar-refractivity contribution in [2.24, 2.45) is 0 Å². The molecule has 9 heteroatoms. The van der Waals surface area contributed by atoms with Crippen LogP contribution in [0.1, 0.15) is 24.1 Å². The van der Waals surface area contributed by atoms with E-state index in [0.29, 0.717) is 16.2 Å². The van der Waals surface area contributed by atoms with Crippen LogP contribution < -0.4 is 5.32 Å². The Balaban J connectivity index is 1.76. The van der Waals surface area contributed by atoms with Gasteiger partial charge in [-0.05, 0) is 31.6 Å². The summed E-state index contributed by atoms with van der Waals surface area (Å²) in [5, 5.41) is 20.7. The molecule has 1 heterocycles. The van der Waals surface area contributed by atoms with E-state index in [2.05, 4.69) is 15.5 Å². The van der Waals surface area contributed by atoms with Gasteiger partial charge in [-0.15, -0.1) is 0 Å². The van der Waals surface area contributed by atoms with Gasteiger partial charge in [-0.1, -0.05) is 42.0 Å². The van der Waals surface area contributed by atoms with Crippen molar-refractivity contribution in [2.75, 3.05) is 0 Å². The molecular weight excluding hydrogens is 378 g/mol. The lowest BCUT2D eigenvalue weighted by Gasteiger charge is -2.15. The molecule has 0 aliphatic carbocycles. The highest BCUT2D eigenvalue weighted by atomic mass is 32.1. The minimum Gasteiger partial charge on any atom is -0.348 e. The van der Waals surface area contributed by atoms with E-state index in [4.69, 9.17) is 12.2 Å². The molecule has 0 radical (unpaired) electrons. The Morgan fingerprint density at radius 1 is 1.32 bits per heavy atom. The number of aromatic amines is 1. The Morgan fingerprint density at radius 3 is 2.71 bits per heavy atom. The van der Waals surface area contributed by atoms with Crippen LogP contribution in [0, 0.1) is 21.8 Å². The number of hydrogen-bond donors (Lipinski definition) is 2. The average Bonchev–Trinajstić information content (AvgIpc) is 3.03. The lowest BCUT2D eigenvalue weighted by molar-refractivity contribution is -0.384. The number of amides is 1. The second kappa shape index (κ2) is 8.13. The highest BCUT2D eigenvalue weighted by molar-refractivity contribution is 7.71. The number of nitrogens with zero attached hydrogens (tertiary/aromatic N) is 3. The Morgan fingerprint density at radius 2 is 2.04 bits per heavy atom. The van der Waals surface area contributed by atoms with E-state index in [-0.39, 0.29) is 18.1 Å². The number of hydrogen-bond acceptors (Lipinski definition) is 5. The van der Waals surface area contributed by atoms with Crippen LogP contribution in [0.3, 0.4) is 0 Å². The van der Waals surface area contributed by atoms with E-state index in [9.17, 15) is 14.9 Å². The molecule has 2 aromatic carbocycles. The minimum atomic E-state index is -0.462. The fraction of sp³-hybridized carbons (Fsp3) is 0.211. The van der Waals surface area contributed by atoms with Gasteiger partial charge >= 0.3 is 0 Å². The number of aryl methyl sites for hydroxylation is 1. The molecule has 3 aromatic rings. The summed E-state index contributed by atoms with van der Waals surface area (Å²) in [5.74, 6) is 0.299. The van der Waals surface area contributed by atoms with Gasteiger partial charge in [0.05, 0.1) is 11.0 Å². The Hall–Kier alpha value is -3.33. The first kappa shape index (κ1) is 19.4. The second-order valence-corrected chi connectivity index (χ2v) is 6.83. The van der Waals surface area contributed by atoms with Gasteiger partial charge < -0.3 is 5.32 Å². The highest BCUT2D eigenvalue weighted by Crippen LogP contribution is 2.20. The molecule has 1 aromatic heterocycles. The zero-order valence-corrected chi connectivity index (χ0v) is 16.2. The molecule has 0 spiro atoms. The number of benzene rings is 2. The molecule has 1 amide bonds. The van der Waals surface area contributed by atoms with Gasteiger partial charge in [-0.25, -0.2) is 0 Å². The number of nitrogens with one attached hydrogen (secondary N) is 2. The summed E-state index contributed by atoms with van der Waals surface area (Å²) in [7, 11) is 0. The molecule has 0 bridgehead atoms. The lowest BCUT2D eigenvalue weighted by atomic mass is 10.1. The summed E-state index contributed by atoms with van der Waals surface area (Å²) in [6.45, 7) is 3.74. The molecule has 0 saturated carbocycles. The summed E-state index contributed by atoms with van der Waals surface area (Å²) in [5.41, 5.74) is 2.60. The SMILES string of the molecule is Cc1ccc(-c2n[nH]c(=S)n2CC(=O)N[C@@H](C)c2cccc([N+](=O)[O-])c2)cc1. The second-order valence-electron chi connectivity index (χ2n) is 6.45. The van der Waals surface area contributed by atoms with Crippen molar-refractivity contribution in [2.45, 2.75) is 26.4 Å². The maximum atomic E-state index is 12.5. The van der Waals surface area contributed by atoms with Crippen LogP contribution in [0.4, 0.5) is 5.69 Å². The lowest BCUT2D eigenvalue weighted by Crippen LogP contribution is -2.30. The third-order valence-electron chi connectivity index (χ3n) is 4.33. The van der Waals surface area contributed by atoms with Crippen molar-refractivity contribution >= 4 is 23.8 Å². The number of H-pyrrole nitrogens is 1. The van der Waals surface area contributed by atoms with Gasteiger partial charge in [0.15, 0.2) is 10.6 Å². The average molecular weight is 397 g/mol. The van der Waals surface area contributed by atoms with Crippen LogP contribution in [0.15, 0.2) is 48.5 Å². The van der Waals surface area contributed by atoms with Crippen molar-refractivity contribution in [1.82, 2.24) is 20.1 Å². The molecule has 2 N–H and O–H groups in total. The Bertz CT molecular complexity index is 1070. The van der Waals surface area contributed by atoms with Crippen LogP contribution in [0.2, 0.25) is 0 Å². The van der Waals surface area contributed by atoms with Gasteiger partial charge in [-0.2, -0.15) is 5.10 Å². The minimum absolute atomic E-state index is 0.0161. The van der Waals surface area contributed by atoms with Gasteiger partial charge in [-0.3, -0.25) is 24.6 Å². The van der Waals surface area contributed by atoms with Crippen molar-refractivity contribution in [3.8, 4) is 11.4 Å². The van der Waals surface area contributed by atoms with Crippen molar-refractivity contribution in [1.29, 1.82) is 0 Å². The maximum absolute atomic E-state index is 12.5. The van der Waals surface area contributed by atoms with Crippen LogP contribution >= 0.6 is 12.2 Å². The molecule has 0 saturated heterocycles.